The summed E-state index contributed by atoms with van der Waals surface area (Å²) >= 11 is 0. The van der Waals surface area contributed by atoms with Crippen molar-refractivity contribution in [2.45, 2.75) is 40.3 Å². The van der Waals surface area contributed by atoms with Gasteiger partial charge in [0.2, 0.25) is 0 Å². The van der Waals surface area contributed by atoms with E-state index in [1.165, 1.54) is 22.3 Å². The molecule has 1 atom stereocenters. The highest BCUT2D eigenvalue weighted by atomic mass is 15.3. The minimum Gasteiger partial charge on any atom is -0.306 e. The molecule has 0 fully saturated rings. The second-order valence-electron chi connectivity index (χ2n) is 4.98. The van der Waals surface area contributed by atoms with E-state index < -0.39 is 0 Å². The molecular weight excluding hydrogens is 234 g/mol. The number of rotatable bonds is 5. The summed E-state index contributed by atoms with van der Waals surface area (Å²) in [5, 5.41) is 7.96. The van der Waals surface area contributed by atoms with Crippen LogP contribution < -0.4 is 5.32 Å². The number of nitrogens with one attached hydrogen (secondary N) is 1. The highest BCUT2D eigenvalue weighted by Crippen LogP contribution is 2.25. The molecule has 1 heterocycles. The first-order chi connectivity index (χ1) is 9.15. The molecule has 3 heteroatoms. The van der Waals surface area contributed by atoms with Crippen LogP contribution >= 0.6 is 0 Å². The molecule has 3 nitrogen and oxygen atoms in total. The van der Waals surface area contributed by atoms with Crippen molar-refractivity contribution in [3.63, 3.8) is 0 Å². The Hall–Kier alpha value is -1.61. The molecule has 0 bridgehead atoms. The standard InChI is InChI=1S/C16H23N3/c1-5-17-16(14-10-18-19(6-2)11-14)15-9-12(3)7-8-13(15)4/h7-11,16-17H,5-6H2,1-4H3. The lowest BCUT2D eigenvalue weighted by Crippen LogP contribution is -2.22. The molecule has 1 aromatic heterocycles. The third-order valence-corrected chi connectivity index (χ3v) is 3.46. The van der Waals surface area contributed by atoms with E-state index in [9.17, 15) is 0 Å². The van der Waals surface area contributed by atoms with E-state index in [2.05, 4.69) is 62.5 Å². The zero-order chi connectivity index (χ0) is 13.8. The lowest BCUT2D eigenvalue weighted by molar-refractivity contribution is 0.622. The molecule has 0 spiro atoms. The van der Waals surface area contributed by atoms with Crippen molar-refractivity contribution in [1.82, 2.24) is 15.1 Å². The Morgan fingerprint density at radius 2 is 2.05 bits per heavy atom. The molecule has 0 aliphatic heterocycles. The first kappa shape index (κ1) is 13.8. The number of hydrogen-bond donors (Lipinski definition) is 1. The van der Waals surface area contributed by atoms with Crippen molar-refractivity contribution in [2.24, 2.45) is 0 Å². The average molecular weight is 257 g/mol. The summed E-state index contributed by atoms with van der Waals surface area (Å²) in [6, 6.07) is 6.85. The van der Waals surface area contributed by atoms with E-state index in [0.29, 0.717) is 0 Å². The van der Waals surface area contributed by atoms with Crippen molar-refractivity contribution < 1.29 is 0 Å². The van der Waals surface area contributed by atoms with Gasteiger partial charge >= 0.3 is 0 Å². The first-order valence-electron chi connectivity index (χ1n) is 6.98. The summed E-state index contributed by atoms with van der Waals surface area (Å²) in [4.78, 5) is 0. The summed E-state index contributed by atoms with van der Waals surface area (Å²) in [5.41, 5.74) is 5.20. The fourth-order valence-electron chi connectivity index (χ4n) is 2.38. The largest absolute Gasteiger partial charge is 0.306 e. The molecule has 0 aliphatic rings. The maximum absolute atomic E-state index is 4.39. The second-order valence-corrected chi connectivity index (χ2v) is 4.98. The van der Waals surface area contributed by atoms with Gasteiger partial charge in [0.15, 0.2) is 0 Å². The van der Waals surface area contributed by atoms with Crippen LogP contribution in [0.15, 0.2) is 30.6 Å². The van der Waals surface area contributed by atoms with E-state index >= 15 is 0 Å². The summed E-state index contributed by atoms with van der Waals surface area (Å²) in [5.74, 6) is 0. The number of aromatic nitrogens is 2. The molecule has 102 valence electrons. The van der Waals surface area contributed by atoms with Gasteiger partial charge in [0.05, 0.1) is 12.2 Å². The van der Waals surface area contributed by atoms with Crippen LogP contribution in [-0.4, -0.2) is 16.3 Å². The Kier molecular flexibility index (Phi) is 4.38. The maximum Gasteiger partial charge on any atom is 0.0610 e. The lowest BCUT2D eigenvalue weighted by atomic mass is 9.95. The third-order valence-electron chi connectivity index (χ3n) is 3.46. The monoisotopic (exact) mass is 257 g/mol. The molecule has 2 rings (SSSR count). The predicted octanol–water partition coefficient (Wildman–Crippen LogP) is 3.22. The zero-order valence-electron chi connectivity index (χ0n) is 12.3. The van der Waals surface area contributed by atoms with E-state index in [4.69, 9.17) is 0 Å². The minimum absolute atomic E-state index is 0.227. The van der Waals surface area contributed by atoms with Gasteiger partial charge in [-0.15, -0.1) is 0 Å². The molecule has 0 amide bonds. The molecule has 1 N–H and O–H groups in total. The normalized spacial score (nSPS) is 12.6. The fraction of sp³-hybridized carbons (Fsp3) is 0.438. The van der Waals surface area contributed by atoms with Crippen LogP contribution in [0, 0.1) is 13.8 Å². The third kappa shape index (κ3) is 3.04. The lowest BCUT2D eigenvalue weighted by Gasteiger charge is -2.19. The SMILES string of the molecule is CCNC(c1cnn(CC)c1)c1cc(C)ccc1C. The quantitative estimate of drug-likeness (QED) is 0.891. The molecule has 19 heavy (non-hydrogen) atoms. The number of benzene rings is 1. The molecule has 0 saturated carbocycles. The van der Waals surface area contributed by atoms with Gasteiger partial charge in [-0.3, -0.25) is 4.68 Å². The van der Waals surface area contributed by atoms with Crippen LogP contribution in [0.3, 0.4) is 0 Å². The van der Waals surface area contributed by atoms with Crippen LogP contribution in [0.2, 0.25) is 0 Å². The van der Waals surface area contributed by atoms with E-state index in [1.54, 1.807) is 0 Å². The van der Waals surface area contributed by atoms with Gasteiger partial charge in [-0.1, -0.05) is 30.7 Å². The predicted molar refractivity (Wildman–Crippen MR) is 79.3 cm³/mol. The van der Waals surface area contributed by atoms with E-state index in [0.717, 1.165) is 13.1 Å². The molecule has 1 unspecified atom stereocenters. The molecule has 1 aromatic carbocycles. The van der Waals surface area contributed by atoms with Gasteiger partial charge in [0.1, 0.15) is 0 Å². The van der Waals surface area contributed by atoms with E-state index in [-0.39, 0.29) is 6.04 Å². The van der Waals surface area contributed by atoms with Crippen LogP contribution in [0.1, 0.15) is 42.1 Å². The Bertz CT molecular complexity index is 543. The fourth-order valence-corrected chi connectivity index (χ4v) is 2.38. The molecular formula is C16H23N3. The Morgan fingerprint density at radius 3 is 2.68 bits per heavy atom. The Labute approximate surface area is 115 Å². The van der Waals surface area contributed by atoms with E-state index in [1.807, 2.05) is 10.9 Å². The summed E-state index contributed by atoms with van der Waals surface area (Å²) in [6.45, 7) is 10.4. The second kappa shape index (κ2) is 6.02. The van der Waals surface area contributed by atoms with Gasteiger partial charge in [0, 0.05) is 18.3 Å². The van der Waals surface area contributed by atoms with Crippen LogP contribution in [0.25, 0.3) is 0 Å². The minimum atomic E-state index is 0.227. The van der Waals surface area contributed by atoms with Gasteiger partial charge in [0.25, 0.3) is 0 Å². The van der Waals surface area contributed by atoms with Gasteiger partial charge in [-0.2, -0.15) is 5.10 Å². The van der Waals surface area contributed by atoms with Gasteiger partial charge in [-0.25, -0.2) is 0 Å². The zero-order valence-corrected chi connectivity index (χ0v) is 12.3. The molecule has 0 saturated heterocycles. The average Bonchev–Trinajstić information content (AvgIpc) is 2.88. The number of hydrogen-bond acceptors (Lipinski definition) is 2. The highest BCUT2D eigenvalue weighted by Gasteiger charge is 2.16. The van der Waals surface area contributed by atoms with Crippen LogP contribution in [0.5, 0.6) is 0 Å². The van der Waals surface area contributed by atoms with Gasteiger partial charge in [-0.05, 0) is 38.4 Å². The van der Waals surface area contributed by atoms with Crippen LogP contribution in [-0.2, 0) is 6.54 Å². The van der Waals surface area contributed by atoms with Crippen molar-refractivity contribution in [1.29, 1.82) is 0 Å². The summed E-state index contributed by atoms with van der Waals surface area (Å²) in [7, 11) is 0. The first-order valence-corrected chi connectivity index (χ1v) is 6.98. The summed E-state index contributed by atoms with van der Waals surface area (Å²) < 4.78 is 1.98. The van der Waals surface area contributed by atoms with Crippen molar-refractivity contribution in [3.05, 3.63) is 52.8 Å². The Morgan fingerprint density at radius 1 is 1.26 bits per heavy atom. The molecule has 0 radical (unpaired) electrons. The molecule has 0 aliphatic carbocycles. The van der Waals surface area contributed by atoms with Crippen molar-refractivity contribution in [3.8, 4) is 0 Å². The maximum atomic E-state index is 4.39. The number of aryl methyl sites for hydroxylation is 3. The van der Waals surface area contributed by atoms with Crippen molar-refractivity contribution >= 4 is 0 Å². The smallest absolute Gasteiger partial charge is 0.0610 e. The summed E-state index contributed by atoms with van der Waals surface area (Å²) in [6.07, 6.45) is 4.10. The van der Waals surface area contributed by atoms with Crippen molar-refractivity contribution in [2.75, 3.05) is 6.54 Å². The Balaban J connectivity index is 2.41. The van der Waals surface area contributed by atoms with Gasteiger partial charge < -0.3 is 5.32 Å². The van der Waals surface area contributed by atoms with Crippen LogP contribution in [0.4, 0.5) is 0 Å². The highest BCUT2D eigenvalue weighted by molar-refractivity contribution is 5.38. The topological polar surface area (TPSA) is 29.9 Å². The number of nitrogens with zero attached hydrogens (tertiary/aromatic N) is 2. The molecule has 2 aromatic rings.